The van der Waals surface area contributed by atoms with Crippen LogP contribution in [0.15, 0.2) is 72.9 Å². The second-order valence-electron chi connectivity index (χ2n) is 10.8. The van der Waals surface area contributed by atoms with E-state index in [0.29, 0.717) is 17.5 Å². The first-order chi connectivity index (χ1) is 20.5. The molecule has 3 aromatic rings. The molecule has 0 saturated heterocycles. The second-order valence-corrected chi connectivity index (χ2v) is 10.8. The maximum Gasteiger partial charge on any atom is 0.255 e. The number of nitriles is 1. The quantitative estimate of drug-likeness (QED) is 0.432. The molecule has 1 aromatic heterocycles. The molecule has 2 aromatic carbocycles. The highest BCUT2D eigenvalue weighted by Gasteiger charge is 2.56. The number of benzene rings is 2. The van der Waals surface area contributed by atoms with E-state index in [1.165, 1.54) is 24.4 Å². The van der Waals surface area contributed by atoms with Crippen molar-refractivity contribution in [2.75, 3.05) is 9.80 Å². The third-order valence-electron chi connectivity index (χ3n) is 8.09. The van der Waals surface area contributed by atoms with E-state index < -0.39 is 65.7 Å². The van der Waals surface area contributed by atoms with Gasteiger partial charge >= 0.3 is 0 Å². The monoisotopic (exact) mass is 589 g/mol. The van der Waals surface area contributed by atoms with E-state index in [1.54, 1.807) is 24.3 Å². The van der Waals surface area contributed by atoms with E-state index in [2.05, 4.69) is 10.3 Å². The van der Waals surface area contributed by atoms with Gasteiger partial charge in [0.1, 0.15) is 11.9 Å². The Morgan fingerprint density at radius 1 is 1.07 bits per heavy atom. The Balaban J connectivity index is 1.51. The molecule has 1 N–H and O–H groups in total. The number of halogens is 4. The van der Waals surface area contributed by atoms with Crippen molar-refractivity contribution in [2.45, 2.75) is 49.2 Å². The number of hydrogen-bond donors (Lipinski definition) is 1. The number of pyridine rings is 1. The number of aryl methyl sites for hydroxylation is 1. The van der Waals surface area contributed by atoms with Gasteiger partial charge in [-0.2, -0.15) is 5.26 Å². The molecule has 1 saturated carbocycles. The number of amides is 3. The Morgan fingerprint density at radius 3 is 2.56 bits per heavy atom. The zero-order valence-corrected chi connectivity index (χ0v) is 22.4. The first-order valence-corrected chi connectivity index (χ1v) is 13.5. The number of carbonyl (C=O) groups excluding carboxylic acids is 3. The number of rotatable bonds is 6. The molecule has 3 amide bonds. The van der Waals surface area contributed by atoms with Crippen molar-refractivity contribution < 1.29 is 31.9 Å². The van der Waals surface area contributed by atoms with Gasteiger partial charge in [-0.1, -0.05) is 24.3 Å². The lowest BCUT2D eigenvalue weighted by Crippen LogP contribution is -2.64. The summed E-state index contributed by atoms with van der Waals surface area (Å²) in [5.41, 5.74) is -0.778. The summed E-state index contributed by atoms with van der Waals surface area (Å²) in [6, 6.07) is 11.9. The zero-order chi connectivity index (χ0) is 30.5. The number of aromatic nitrogens is 1. The maximum absolute atomic E-state index is 14.7. The van der Waals surface area contributed by atoms with Crippen LogP contribution in [-0.2, 0) is 26.3 Å². The molecule has 43 heavy (non-hydrogen) atoms. The molecular formula is C31H23F4N5O3. The molecular weight excluding hydrogens is 566 g/mol. The highest BCUT2D eigenvalue weighted by atomic mass is 19.3. The van der Waals surface area contributed by atoms with Gasteiger partial charge < -0.3 is 5.32 Å². The molecule has 2 aliphatic carbocycles. The van der Waals surface area contributed by atoms with Crippen LogP contribution in [0.25, 0.3) is 0 Å². The third kappa shape index (κ3) is 4.70. The number of hydrogen-bond acceptors (Lipinski definition) is 5. The summed E-state index contributed by atoms with van der Waals surface area (Å²) in [6.45, 7) is 0. The van der Waals surface area contributed by atoms with Gasteiger partial charge in [0.05, 0.1) is 11.6 Å². The van der Waals surface area contributed by atoms with Crippen molar-refractivity contribution >= 4 is 29.2 Å². The van der Waals surface area contributed by atoms with Crippen LogP contribution in [0.2, 0.25) is 0 Å². The van der Waals surface area contributed by atoms with Crippen molar-refractivity contribution in [3.8, 4) is 6.07 Å². The van der Waals surface area contributed by atoms with Gasteiger partial charge in [0.25, 0.3) is 23.6 Å². The fourth-order valence-electron chi connectivity index (χ4n) is 6.07. The number of nitrogens with one attached hydrogen (secondary N) is 1. The van der Waals surface area contributed by atoms with Crippen molar-refractivity contribution in [3.63, 3.8) is 0 Å². The van der Waals surface area contributed by atoms with Gasteiger partial charge in [-0.3, -0.25) is 24.2 Å². The summed E-state index contributed by atoms with van der Waals surface area (Å²) in [5, 5.41) is 12.0. The molecule has 0 bridgehead atoms. The topological polar surface area (TPSA) is 106 Å². The van der Waals surface area contributed by atoms with Crippen molar-refractivity contribution in [3.05, 3.63) is 101 Å². The maximum atomic E-state index is 14.7. The summed E-state index contributed by atoms with van der Waals surface area (Å²) in [4.78, 5) is 48.2. The fraction of sp³-hybridized carbons (Fsp3) is 0.258. The highest BCUT2D eigenvalue weighted by Crippen LogP contribution is 2.46. The summed E-state index contributed by atoms with van der Waals surface area (Å²) in [7, 11) is 0. The number of fused-ring (bicyclic) bond motifs is 1. The second kappa shape index (κ2) is 10.3. The largest absolute Gasteiger partial charge is 0.351 e. The SMILES string of the molecule is N#Cc1ccnc(N2C(=O)C=C[C@H]2C(=O)N(c2ccc(F)c(F)c2)[C@@]2(C(=O)NC3CC(F)(F)C3)CCc3ccccc32)c1. The molecule has 8 nitrogen and oxygen atoms in total. The summed E-state index contributed by atoms with van der Waals surface area (Å²) >= 11 is 0. The van der Waals surface area contributed by atoms with Gasteiger partial charge in [-0.15, -0.1) is 0 Å². The van der Waals surface area contributed by atoms with Gasteiger partial charge in [0.2, 0.25) is 0 Å². The average molecular weight is 590 g/mol. The van der Waals surface area contributed by atoms with E-state index in [1.807, 2.05) is 6.07 Å². The molecule has 1 fully saturated rings. The summed E-state index contributed by atoms with van der Waals surface area (Å²) in [5.74, 6) is -7.67. The molecule has 12 heteroatoms. The molecule has 2 heterocycles. The number of alkyl halides is 2. The lowest BCUT2D eigenvalue weighted by molar-refractivity contribution is -0.137. The van der Waals surface area contributed by atoms with Gasteiger partial charge in [-0.05, 0) is 54.3 Å². The van der Waals surface area contributed by atoms with E-state index in [9.17, 15) is 37.2 Å². The van der Waals surface area contributed by atoms with E-state index in [4.69, 9.17) is 0 Å². The number of anilines is 2. The minimum Gasteiger partial charge on any atom is -0.351 e. The lowest BCUT2D eigenvalue weighted by atomic mass is 9.83. The van der Waals surface area contributed by atoms with E-state index in [0.717, 1.165) is 34.1 Å². The van der Waals surface area contributed by atoms with Crippen LogP contribution in [0.3, 0.4) is 0 Å². The molecule has 1 aliphatic heterocycles. The van der Waals surface area contributed by atoms with Crippen LogP contribution in [0, 0.1) is 23.0 Å². The normalized spacial score (nSPS) is 22.1. The third-order valence-corrected chi connectivity index (χ3v) is 8.09. The minimum atomic E-state index is -2.94. The van der Waals surface area contributed by atoms with Gasteiger partial charge in [-0.25, -0.2) is 22.5 Å². The Labute approximate surface area is 243 Å². The van der Waals surface area contributed by atoms with Gasteiger partial charge in [0, 0.05) is 42.9 Å². The van der Waals surface area contributed by atoms with E-state index >= 15 is 0 Å². The summed E-state index contributed by atoms with van der Waals surface area (Å²) < 4.78 is 56.3. The number of carbonyl (C=O) groups is 3. The Bertz CT molecular complexity index is 1730. The fourth-order valence-corrected chi connectivity index (χ4v) is 6.07. The van der Waals surface area contributed by atoms with Crippen LogP contribution >= 0.6 is 0 Å². The highest BCUT2D eigenvalue weighted by molar-refractivity contribution is 6.16. The molecule has 0 spiro atoms. The first-order valence-electron chi connectivity index (χ1n) is 13.5. The Hall–Kier alpha value is -5.05. The number of nitrogens with zero attached hydrogens (tertiary/aromatic N) is 4. The zero-order valence-electron chi connectivity index (χ0n) is 22.4. The van der Waals surface area contributed by atoms with Crippen LogP contribution in [0.5, 0.6) is 0 Å². The predicted molar refractivity (Wildman–Crippen MR) is 146 cm³/mol. The lowest BCUT2D eigenvalue weighted by Gasteiger charge is -2.44. The molecule has 6 rings (SSSR count). The molecule has 0 unspecified atom stereocenters. The Morgan fingerprint density at radius 2 is 1.84 bits per heavy atom. The minimum absolute atomic E-state index is 0.00141. The molecule has 2 atom stereocenters. The smallest absolute Gasteiger partial charge is 0.255 e. The van der Waals surface area contributed by atoms with Crippen LogP contribution in [-0.4, -0.2) is 40.7 Å². The van der Waals surface area contributed by atoms with Gasteiger partial charge in [0.15, 0.2) is 17.2 Å². The van der Waals surface area contributed by atoms with Crippen LogP contribution in [0.4, 0.5) is 29.1 Å². The van der Waals surface area contributed by atoms with E-state index in [-0.39, 0.29) is 23.5 Å². The molecule has 3 aliphatic rings. The average Bonchev–Trinajstić information content (AvgIpc) is 3.55. The Kier molecular flexibility index (Phi) is 6.76. The summed E-state index contributed by atoms with van der Waals surface area (Å²) in [6.07, 6.45) is 2.88. The van der Waals surface area contributed by atoms with Crippen molar-refractivity contribution in [1.82, 2.24) is 10.3 Å². The predicted octanol–water partition coefficient (Wildman–Crippen LogP) is 4.29. The first kappa shape index (κ1) is 28.1. The standard InChI is InChI=1S/C31H23F4N5O3/c32-23-6-5-21(14-24(23)33)40(28(42)25-7-8-27(41)39(25)26-13-18(17-36)10-12-37-26)31(11-9-19-3-1-2-4-22(19)31)29(43)38-20-15-30(34,35)16-20/h1-8,10,12-14,20,25H,9,11,15-16H2,(H,38,43)/t25-,31-/m0/s1. The van der Waals surface area contributed by atoms with Crippen LogP contribution in [0.1, 0.15) is 36.0 Å². The molecule has 218 valence electrons. The van der Waals surface area contributed by atoms with Crippen LogP contribution < -0.4 is 15.1 Å². The van der Waals surface area contributed by atoms with Crippen molar-refractivity contribution in [2.24, 2.45) is 0 Å². The molecule has 0 radical (unpaired) electrons. The van der Waals surface area contributed by atoms with Crippen molar-refractivity contribution in [1.29, 1.82) is 5.26 Å².